The summed E-state index contributed by atoms with van der Waals surface area (Å²) in [6, 6.07) is 8.50. The van der Waals surface area contributed by atoms with Crippen LogP contribution in [0.1, 0.15) is 45.6 Å². The van der Waals surface area contributed by atoms with Gasteiger partial charge >= 0.3 is 6.18 Å². The van der Waals surface area contributed by atoms with Crippen molar-refractivity contribution < 1.29 is 26.7 Å². The van der Waals surface area contributed by atoms with Crippen LogP contribution < -0.4 is 10.6 Å². The van der Waals surface area contributed by atoms with Gasteiger partial charge in [-0.1, -0.05) is 41.4 Å². The molecule has 2 unspecified atom stereocenters. The van der Waals surface area contributed by atoms with Gasteiger partial charge in [-0.3, -0.25) is 4.79 Å². The molecule has 0 fully saturated rings. The minimum Gasteiger partial charge on any atom is -0.363 e. The van der Waals surface area contributed by atoms with Gasteiger partial charge < -0.3 is 10.6 Å². The number of aromatic nitrogens is 2. The molecule has 1 aliphatic rings. The maximum Gasteiger partial charge on any atom is 0.417 e. The number of alkyl halides is 5. The first-order valence-corrected chi connectivity index (χ1v) is 10.3. The van der Waals surface area contributed by atoms with Crippen LogP contribution in [-0.2, 0) is 6.18 Å². The van der Waals surface area contributed by atoms with E-state index in [0.717, 1.165) is 28.1 Å². The second-order valence-electron chi connectivity index (χ2n) is 7.74. The fourth-order valence-electron chi connectivity index (χ4n) is 3.74. The number of nitrogens with one attached hydrogen (secondary N) is 2. The van der Waals surface area contributed by atoms with Crippen molar-refractivity contribution in [2.45, 2.75) is 38.0 Å². The number of amides is 1. The molecule has 2 atom stereocenters. The molecule has 2 aromatic carbocycles. The molecular formula is C22H18ClF5N4O. The molecule has 0 aliphatic carbocycles. The summed E-state index contributed by atoms with van der Waals surface area (Å²) >= 11 is 5.61. The van der Waals surface area contributed by atoms with E-state index in [-0.39, 0.29) is 23.5 Å². The second kappa shape index (κ2) is 8.66. The summed E-state index contributed by atoms with van der Waals surface area (Å²) in [7, 11) is 0. The number of benzene rings is 2. The Bertz CT molecular complexity index is 1180. The summed E-state index contributed by atoms with van der Waals surface area (Å²) in [5.74, 6) is -0.726. The van der Waals surface area contributed by atoms with Crippen molar-refractivity contribution in [3.8, 4) is 0 Å². The van der Waals surface area contributed by atoms with Gasteiger partial charge in [0.2, 0.25) is 0 Å². The Balaban J connectivity index is 1.65. The zero-order valence-electron chi connectivity index (χ0n) is 17.1. The largest absolute Gasteiger partial charge is 0.417 e. The highest BCUT2D eigenvalue weighted by Gasteiger charge is 2.37. The molecule has 1 aromatic heterocycles. The van der Waals surface area contributed by atoms with Gasteiger partial charge in [0.1, 0.15) is 17.4 Å². The fraction of sp³-hybridized carbons (Fsp3) is 0.273. The van der Waals surface area contributed by atoms with Crippen LogP contribution in [-0.4, -0.2) is 22.1 Å². The Labute approximate surface area is 190 Å². The highest BCUT2D eigenvalue weighted by Crippen LogP contribution is 2.40. The number of hydrogen-bond acceptors (Lipinski definition) is 3. The monoisotopic (exact) mass is 484 g/mol. The zero-order valence-corrected chi connectivity index (χ0v) is 17.9. The highest BCUT2D eigenvalue weighted by atomic mass is 35.5. The molecule has 11 heteroatoms. The van der Waals surface area contributed by atoms with Gasteiger partial charge in [-0.05, 0) is 37.1 Å². The second-order valence-corrected chi connectivity index (χ2v) is 8.15. The van der Waals surface area contributed by atoms with Crippen LogP contribution in [0.4, 0.5) is 33.5 Å². The molecule has 2 heterocycles. The molecule has 4 rings (SSSR count). The number of anilines is 2. The van der Waals surface area contributed by atoms with E-state index in [0.29, 0.717) is 6.07 Å². The lowest BCUT2D eigenvalue weighted by atomic mass is 9.96. The van der Waals surface area contributed by atoms with Crippen LogP contribution in [0.15, 0.2) is 48.7 Å². The van der Waals surface area contributed by atoms with Gasteiger partial charge in [-0.15, -0.1) is 0 Å². The van der Waals surface area contributed by atoms with E-state index in [1.807, 2.05) is 31.2 Å². The third-order valence-corrected chi connectivity index (χ3v) is 5.77. The zero-order chi connectivity index (χ0) is 23.9. The van der Waals surface area contributed by atoms with Crippen LogP contribution >= 0.6 is 11.6 Å². The Hall–Kier alpha value is -3.14. The van der Waals surface area contributed by atoms with Gasteiger partial charge in [0, 0.05) is 5.69 Å². The number of rotatable bonds is 4. The summed E-state index contributed by atoms with van der Waals surface area (Å²) in [4.78, 5) is 12.9. The number of halogens is 6. The molecule has 0 spiro atoms. The molecule has 174 valence electrons. The molecule has 3 aromatic rings. The van der Waals surface area contributed by atoms with Gasteiger partial charge in [-0.25, -0.2) is 13.5 Å². The lowest BCUT2D eigenvalue weighted by molar-refractivity contribution is -0.137. The molecule has 1 amide bonds. The third kappa shape index (κ3) is 4.66. The number of carbonyl (C=O) groups is 1. The fourth-order valence-corrected chi connectivity index (χ4v) is 3.96. The number of fused-ring (bicyclic) bond motifs is 1. The predicted molar refractivity (Wildman–Crippen MR) is 114 cm³/mol. The number of aryl methyl sites for hydroxylation is 1. The molecule has 0 saturated heterocycles. The van der Waals surface area contributed by atoms with Crippen molar-refractivity contribution in [3.05, 3.63) is 75.9 Å². The Morgan fingerprint density at radius 1 is 1.21 bits per heavy atom. The first-order chi connectivity index (χ1) is 15.5. The minimum absolute atomic E-state index is 0.0442. The van der Waals surface area contributed by atoms with Crippen LogP contribution in [0.3, 0.4) is 0 Å². The van der Waals surface area contributed by atoms with E-state index in [4.69, 9.17) is 11.6 Å². The smallest absolute Gasteiger partial charge is 0.363 e. The quantitative estimate of drug-likeness (QED) is 0.417. The molecule has 0 radical (unpaired) electrons. The number of nitrogens with zero attached hydrogens (tertiary/aromatic N) is 2. The molecule has 5 nitrogen and oxygen atoms in total. The van der Waals surface area contributed by atoms with Crippen molar-refractivity contribution in [1.82, 2.24) is 9.78 Å². The Morgan fingerprint density at radius 2 is 1.91 bits per heavy atom. The van der Waals surface area contributed by atoms with Gasteiger partial charge in [0.25, 0.3) is 12.3 Å². The maximum atomic E-state index is 13.8. The summed E-state index contributed by atoms with van der Waals surface area (Å²) < 4.78 is 68.0. The number of carbonyl (C=O) groups excluding carboxylic acids is 1. The average Bonchev–Trinajstić information content (AvgIpc) is 3.18. The van der Waals surface area contributed by atoms with E-state index in [1.54, 1.807) is 0 Å². The third-order valence-electron chi connectivity index (χ3n) is 5.44. The van der Waals surface area contributed by atoms with Gasteiger partial charge in [0.05, 0.1) is 22.8 Å². The Morgan fingerprint density at radius 3 is 2.55 bits per heavy atom. The van der Waals surface area contributed by atoms with Gasteiger partial charge in [-0.2, -0.15) is 18.3 Å². The van der Waals surface area contributed by atoms with E-state index in [2.05, 4.69) is 15.7 Å². The van der Waals surface area contributed by atoms with Crippen LogP contribution in [0.2, 0.25) is 5.02 Å². The van der Waals surface area contributed by atoms with Crippen molar-refractivity contribution in [2.24, 2.45) is 0 Å². The SMILES string of the molecule is Cc1ccc(C2CC(C(F)F)n3ncc(C(=O)Nc4ccc(Cl)c(C(F)(F)F)c4)c3N2)cc1. The summed E-state index contributed by atoms with van der Waals surface area (Å²) in [5, 5.41) is 8.88. The van der Waals surface area contributed by atoms with Crippen molar-refractivity contribution >= 4 is 29.0 Å². The first-order valence-electron chi connectivity index (χ1n) is 9.91. The molecule has 0 bridgehead atoms. The summed E-state index contributed by atoms with van der Waals surface area (Å²) in [5.41, 5.74) is 0.451. The normalized spacial score (nSPS) is 18.1. The van der Waals surface area contributed by atoms with E-state index in [1.165, 1.54) is 6.07 Å². The Kier molecular flexibility index (Phi) is 6.04. The number of hydrogen-bond donors (Lipinski definition) is 2. The van der Waals surface area contributed by atoms with Crippen LogP contribution in [0.25, 0.3) is 0 Å². The van der Waals surface area contributed by atoms with E-state index < -0.39 is 41.2 Å². The summed E-state index contributed by atoms with van der Waals surface area (Å²) in [6.45, 7) is 1.90. The van der Waals surface area contributed by atoms with Crippen LogP contribution in [0.5, 0.6) is 0 Å². The lowest BCUT2D eigenvalue weighted by Gasteiger charge is -2.32. The molecule has 0 saturated carbocycles. The van der Waals surface area contributed by atoms with E-state index >= 15 is 0 Å². The standard InChI is InChI=1S/C22H18ClF5N4O/c1-11-2-4-12(5-3-11)17-9-18(19(24)25)32-20(31-17)14(10-29-32)21(33)30-13-6-7-16(23)15(8-13)22(26,27)28/h2-8,10,17-19,31H,9H2,1H3,(H,30,33). The average molecular weight is 485 g/mol. The topological polar surface area (TPSA) is 59.0 Å². The highest BCUT2D eigenvalue weighted by molar-refractivity contribution is 6.31. The van der Waals surface area contributed by atoms with Crippen molar-refractivity contribution in [2.75, 3.05) is 10.6 Å². The van der Waals surface area contributed by atoms with E-state index in [9.17, 15) is 26.7 Å². The van der Waals surface area contributed by atoms with Gasteiger partial charge in [0.15, 0.2) is 0 Å². The maximum absolute atomic E-state index is 13.8. The predicted octanol–water partition coefficient (Wildman–Crippen LogP) is 6.48. The molecule has 1 aliphatic heterocycles. The molecule has 2 N–H and O–H groups in total. The lowest BCUT2D eigenvalue weighted by Crippen LogP contribution is -2.31. The van der Waals surface area contributed by atoms with Crippen molar-refractivity contribution in [3.63, 3.8) is 0 Å². The molecular weight excluding hydrogens is 467 g/mol. The minimum atomic E-state index is -4.71. The molecule has 33 heavy (non-hydrogen) atoms. The van der Waals surface area contributed by atoms with Crippen molar-refractivity contribution in [1.29, 1.82) is 0 Å². The van der Waals surface area contributed by atoms with Crippen LogP contribution in [0, 0.1) is 6.92 Å². The summed E-state index contributed by atoms with van der Waals surface area (Å²) in [6.07, 6.45) is -6.28. The first kappa shape index (κ1) is 23.0.